The van der Waals surface area contributed by atoms with Gasteiger partial charge in [0, 0.05) is 26.2 Å². The molecule has 1 saturated heterocycles. The molecule has 0 spiro atoms. The van der Waals surface area contributed by atoms with Crippen LogP contribution >= 0.6 is 0 Å². The van der Waals surface area contributed by atoms with Crippen molar-refractivity contribution in [3.63, 3.8) is 0 Å². The Morgan fingerprint density at radius 2 is 2.00 bits per heavy atom. The largest absolute Gasteiger partial charge is 0.383 e. The molecule has 4 nitrogen and oxygen atoms in total. The maximum atomic E-state index is 11.6. The van der Waals surface area contributed by atoms with Crippen LogP contribution in [0.15, 0.2) is 0 Å². The van der Waals surface area contributed by atoms with E-state index in [0.29, 0.717) is 0 Å². The topological polar surface area (TPSA) is 52.6 Å². The zero-order valence-electron chi connectivity index (χ0n) is 7.70. The maximum Gasteiger partial charge on any atom is 0.251 e. The third kappa shape index (κ3) is 2.00. The summed E-state index contributed by atoms with van der Waals surface area (Å²) >= 11 is 0. The van der Waals surface area contributed by atoms with E-state index in [1.165, 1.54) is 0 Å². The van der Waals surface area contributed by atoms with E-state index in [4.69, 9.17) is 0 Å². The Morgan fingerprint density at radius 1 is 1.38 bits per heavy atom. The molecule has 1 amide bonds. The molecule has 1 atom stereocenters. The van der Waals surface area contributed by atoms with Gasteiger partial charge in [-0.3, -0.25) is 4.79 Å². The molecule has 74 valence electrons. The normalized spacial score (nSPS) is 25.8. The molecule has 0 bridgehead atoms. The number of rotatable bonds is 2. The predicted molar refractivity (Wildman–Crippen MR) is 48.2 cm³/mol. The average molecular weight is 184 g/mol. The van der Waals surface area contributed by atoms with Gasteiger partial charge in [0.15, 0.2) is 0 Å². The Bertz CT molecular complexity index is 198. The number of piperazine rings is 1. The average Bonchev–Trinajstić information content (AvgIpc) is 3.00. The van der Waals surface area contributed by atoms with E-state index in [0.717, 1.165) is 39.0 Å². The van der Waals surface area contributed by atoms with Crippen molar-refractivity contribution < 1.29 is 9.90 Å². The lowest BCUT2D eigenvalue weighted by atomic mass is 10.2. The van der Waals surface area contributed by atoms with E-state index >= 15 is 0 Å². The molecular formula is C9H16N2O2. The number of nitrogens with zero attached hydrogens (tertiary/aromatic N) is 1. The van der Waals surface area contributed by atoms with Crippen molar-refractivity contribution in [2.45, 2.75) is 18.9 Å². The first-order valence-corrected chi connectivity index (χ1v) is 4.96. The standard InChI is InChI=1S/C9H16N2O2/c12-8(7-1-2-7)9(13)11-5-3-10-4-6-11/h7-8,10,12H,1-6H2. The van der Waals surface area contributed by atoms with Crippen LogP contribution in [0.2, 0.25) is 0 Å². The highest BCUT2D eigenvalue weighted by Gasteiger charge is 2.36. The fourth-order valence-corrected chi connectivity index (χ4v) is 1.69. The summed E-state index contributed by atoms with van der Waals surface area (Å²) in [6.45, 7) is 3.18. The van der Waals surface area contributed by atoms with Crippen LogP contribution < -0.4 is 5.32 Å². The number of nitrogens with one attached hydrogen (secondary N) is 1. The molecule has 1 saturated carbocycles. The van der Waals surface area contributed by atoms with E-state index in [-0.39, 0.29) is 11.8 Å². The number of hydrogen-bond donors (Lipinski definition) is 2. The molecule has 1 aliphatic heterocycles. The fourth-order valence-electron chi connectivity index (χ4n) is 1.69. The second-order valence-corrected chi connectivity index (χ2v) is 3.86. The Labute approximate surface area is 77.9 Å². The molecule has 0 radical (unpaired) electrons. The molecule has 13 heavy (non-hydrogen) atoms. The molecule has 0 aromatic rings. The summed E-state index contributed by atoms with van der Waals surface area (Å²) in [5, 5.41) is 12.8. The molecule has 0 aromatic heterocycles. The molecule has 1 heterocycles. The quantitative estimate of drug-likeness (QED) is 0.590. The van der Waals surface area contributed by atoms with Crippen molar-refractivity contribution in [3.8, 4) is 0 Å². The second-order valence-electron chi connectivity index (χ2n) is 3.86. The van der Waals surface area contributed by atoms with Crippen LogP contribution in [0.25, 0.3) is 0 Å². The number of carbonyl (C=O) groups excluding carboxylic acids is 1. The molecule has 4 heteroatoms. The van der Waals surface area contributed by atoms with Gasteiger partial charge in [0.2, 0.25) is 0 Å². The van der Waals surface area contributed by atoms with Crippen LogP contribution in [0.4, 0.5) is 0 Å². The summed E-state index contributed by atoms with van der Waals surface area (Å²) in [7, 11) is 0. The van der Waals surface area contributed by atoms with Gasteiger partial charge < -0.3 is 15.3 Å². The van der Waals surface area contributed by atoms with Gasteiger partial charge in [-0.25, -0.2) is 0 Å². The van der Waals surface area contributed by atoms with Crippen LogP contribution in [-0.2, 0) is 4.79 Å². The van der Waals surface area contributed by atoms with Gasteiger partial charge in [0.1, 0.15) is 6.10 Å². The lowest BCUT2D eigenvalue weighted by Gasteiger charge is -2.29. The lowest BCUT2D eigenvalue weighted by Crippen LogP contribution is -2.50. The third-order valence-corrected chi connectivity index (χ3v) is 2.75. The molecular weight excluding hydrogens is 168 g/mol. The lowest BCUT2D eigenvalue weighted by molar-refractivity contribution is -0.141. The van der Waals surface area contributed by atoms with Gasteiger partial charge in [-0.1, -0.05) is 0 Å². The van der Waals surface area contributed by atoms with Crippen LogP contribution in [0, 0.1) is 5.92 Å². The monoisotopic (exact) mass is 184 g/mol. The minimum absolute atomic E-state index is 0.0657. The van der Waals surface area contributed by atoms with E-state index in [2.05, 4.69) is 5.32 Å². The highest BCUT2D eigenvalue weighted by atomic mass is 16.3. The summed E-state index contributed by atoms with van der Waals surface area (Å²) in [5.74, 6) is 0.186. The predicted octanol–water partition coefficient (Wildman–Crippen LogP) is -0.811. The van der Waals surface area contributed by atoms with Crippen LogP contribution in [0.5, 0.6) is 0 Å². The SMILES string of the molecule is O=C(C(O)C1CC1)N1CCNCC1. The van der Waals surface area contributed by atoms with Gasteiger partial charge >= 0.3 is 0 Å². The number of carbonyl (C=O) groups is 1. The molecule has 1 unspecified atom stereocenters. The Balaban J connectivity index is 1.86. The number of amides is 1. The summed E-state index contributed by atoms with van der Waals surface area (Å²) < 4.78 is 0. The third-order valence-electron chi connectivity index (χ3n) is 2.75. The summed E-state index contributed by atoms with van der Waals surface area (Å²) in [6.07, 6.45) is 1.30. The van der Waals surface area contributed by atoms with Crippen molar-refractivity contribution in [3.05, 3.63) is 0 Å². The van der Waals surface area contributed by atoms with Gasteiger partial charge in [0.25, 0.3) is 5.91 Å². The van der Waals surface area contributed by atoms with E-state index in [9.17, 15) is 9.90 Å². The Kier molecular flexibility index (Phi) is 2.51. The summed E-state index contributed by atoms with van der Waals surface area (Å²) in [6, 6.07) is 0. The van der Waals surface area contributed by atoms with Crippen molar-refractivity contribution in [2.75, 3.05) is 26.2 Å². The van der Waals surface area contributed by atoms with Crippen LogP contribution in [0.3, 0.4) is 0 Å². The zero-order chi connectivity index (χ0) is 9.26. The second kappa shape index (κ2) is 3.64. The first-order chi connectivity index (χ1) is 6.29. The van der Waals surface area contributed by atoms with Gasteiger partial charge in [-0.15, -0.1) is 0 Å². The van der Waals surface area contributed by atoms with Gasteiger partial charge in [0.05, 0.1) is 0 Å². The van der Waals surface area contributed by atoms with Crippen LogP contribution in [-0.4, -0.2) is 48.2 Å². The van der Waals surface area contributed by atoms with Crippen LogP contribution in [0.1, 0.15) is 12.8 Å². The van der Waals surface area contributed by atoms with Crippen molar-refractivity contribution >= 4 is 5.91 Å². The summed E-state index contributed by atoms with van der Waals surface area (Å²) in [4.78, 5) is 13.4. The zero-order valence-corrected chi connectivity index (χ0v) is 7.70. The molecule has 2 aliphatic rings. The molecule has 2 rings (SSSR count). The molecule has 2 N–H and O–H groups in total. The number of aliphatic hydroxyl groups is 1. The molecule has 0 aromatic carbocycles. The minimum Gasteiger partial charge on any atom is -0.383 e. The fraction of sp³-hybridized carbons (Fsp3) is 0.889. The first kappa shape index (κ1) is 8.97. The Morgan fingerprint density at radius 3 is 2.54 bits per heavy atom. The van der Waals surface area contributed by atoms with Gasteiger partial charge in [-0.05, 0) is 18.8 Å². The van der Waals surface area contributed by atoms with Gasteiger partial charge in [-0.2, -0.15) is 0 Å². The van der Waals surface area contributed by atoms with E-state index in [1.54, 1.807) is 4.90 Å². The molecule has 1 aliphatic carbocycles. The van der Waals surface area contributed by atoms with Crippen molar-refractivity contribution in [1.82, 2.24) is 10.2 Å². The van der Waals surface area contributed by atoms with E-state index < -0.39 is 6.10 Å². The van der Waals surface area contributed by atoms with E-state index in [1.807, 2.05) is 0 Å². The number of aliphatic hydroxyl groups excluding tert-OH is 1. The maximum absolute atomic E-state index is 11.6. The minimum atomic E-state index is -0.724. The number of hydrogen-bond acceptors (Lipinski definition) is 3. The van der Waals surface area contributed by atoms with Crippen molar-refractivity contribution in [2.24, 2.45) is 5.92 Å². The molecule has 2 fully saturated rings. The highest BCUT2D eigenvalue weighted by molar-refractivity contribution is 5.81. The highest BCUT2D eigenvalue weighted by Crippen LogP contribution is 2.33. The van der Waals surface area contributed by atoms with Crippen molar-refractivity contribution in [1.29, 1.82) is 0 Å². The summed E-state index contributed by atoms with van der Waals surface area (Å²) in [5.41, 5.74) is 0. The smallest absolute Gasteiger partial charge is 0.251 e. The first-order valence-electron chi connectivity index (χ1n) is 4.96. The Hall–Kier alpha value is -0.610.